The molecule has 2 aliphatic carbocycles. The number of phenolic OH excluding ortho intramolecular Hbond substituents is 1. The van der Waals surface area contributed by atoms with E-state index in [2.05, 4.69) is 0 Å². The molecule has 4 atom stereocenters. The summed E-state index contributed by atoms with van der Waals surface area (Å²) in [6, 6.07) is 33.3. The number of carbonyl (C=O) groups excluding carboxylic acids is 2. The first kappa shape index (κ1) is 27.8. The monoisotopic (exact) mass is 607 g/mol. The summed E-state index contributed by atoms with van der Waals surface area (Å²) in [6.45, 7) is 0.0899. The van der Waals surface area contributed by atoms with E-state index in [0.29, 0.717) is 33.5 Å². The largest absolute Gasteiger partial charge is 0.508 e. The SMILES string of the molecule is O=C1C(c2ccccc2)=CC(=O)[C@@]2(c3ccccc3)[C@@H](c3ccccc3O)C3=CCn4c(=O)n(-c5ccccc5)c(=O)n4[C@@H]3C[C@@H]12. The number of aromatic hydroxyl groups is 1. The van der Waals surface area contributed by atoms with Gasteiger partial charge in [0.15, 0.2) is 11.6 Å². The van der Waals surface area contributed by atoms with E-state index in [4.69, 9.17) is 0 Å². The predicted octanol–water partition coefficient (Wildman–Crippen LogP) is 4.96. The second-order valence-corrected chi connectivity index (χ2v) is 12.1. The Morgan fingerprint density at radius 1 is 0.717 bits per heavy atom. The van der Waals surface area contributed by atoms with Crippen LogP contribution in [-0.2, 0) is 21.5 Å². The number of benzene rings is 4. The normalized spacial score (nSPS) is 23.5. The number of aromatic nitrogens is 3. The molecule has 0 saturated heterocycles. The molecule has 3 aliphatic rings. The number of para-hydroxylation sites is 2. The van der Waals surface area contributed by atoms with Crippen LogP contribution in [0.25, 0.3) is 11.3 Å². The summed E-state index contributed by atoms with van der Waals surface area (Å²) in [7, 11) is 0. The molecule has 8 nitrogen and oxygen atoms in total. The van der Waals surface area contributed by atoms with Gasteiger partial charge in [-0.2, -0.15) is 0 Å². The zero-order chi connectivity index (χ0) is 31.6. The van der Waals surface area contributed by atoms with Crippen molar-refractivity contribution < 1.29 is 14.7 Å². The minimum Gasteiger partial charge on any atom is -0.508 e. The van der Waals surface area contributed by atoms with Crippen LogP contribution in [0.1, 0.15) is 35.1 Å². The van der Waals surface area contributed by atoms with Crippen molar-refractivity contribution in [1.29, 1.82) is 0 Å². The van der Waals surface area contributed by atoms with E-state index in [1.165, 1.54) is 15.4 Å². The molecule has 1 saturated carbocycles. The Kier molecular flexibility index (Phi) is 6.28. The number of rotatable bonds is 4. The van der Waals surface area contributed by atoms with Crippen molar-refractivity contribution in [1.82, 2.24) is 13.9 Å². The molecule has 0 unspecified atom stereocenters. The average Bonchev–Trinajstić information content (AvgIpc) is 3.36. The third-order valence-corrected chi connectivity index (χ3v) is 9.90. The van der Waals surface area contributed by atoms with Gasteiger partial charge < -0.3 is 5.11 Å². The van der Waals surface area contributed by atoms with Crippen molar-refractivity contribution >= 4 is 17.1 Å². The van der Waals surface area contributed by atoms with Crippen molar-refractivity contribution in [3.8, 4) is 11.4 Å². The van der Waals surface area contributed by atoms with Crippen molar-refractivity contribution in [3.05, 3.63) is 171 Å². The standard InChI is InChI=1S/C38H29N3O5/c42-32-19-11-10-18-28(32)34-27-20-21-39-36(45)40(26-16-8-3-9-17-26)37(46)41(39)31(27)23-30-35(44)29(24-12-4-1-5-13-24)22-33(43)38(30,34)25-14-6-2-7-15-25/h1-20,22,30-31,34,42H,21,23H2/t30-,31+,34+,38-/m0/s1. The molecule has 1 aromatic heterocycles. The smallest absolute Gasteiger partial charge is 0.352 e. The number of carbonyl (C=O) groups is 2. The minimum absolute atomic E-state index is 0.0154. The summed E-state index contributed by atoms with van der Waals surface area (Å²) in [6.07, 6.45) is 3.47. The fourth-order valence-electron chi connectivity index (χ4n) is 8.01. The highest BCUT2D eigenvalue weighted by Crippen LogP contribution is 2.62. The van der Waals surface area contributed by atoms with Crippen LogP contribution < -0.4 is 11.4 Å². The molecule has 0 radical (unpaired) electrons. The first-order chi connectivity index (χ1) is 22.4. The first-order valence-electron chi connectivity index (χ1n) is 15.3. The van der Waals surface area contributed by atoms with Crippen LogP contribution in [-0.4, -0.2) is 30.6 Å². The third-order valence-electron chi connectivity index (χ3n) is 9.90. The van der Waals surface area contributed by atoms with Crippen LogP contribution in [0.15, 0.2) is 143 Å². The minimum atomic E-state index is -1.41. The van der Waals surface area contributed by atoms with E-state index in [1.807, 2.05) is 72.8 Å². The number of hydrogen-bond donors (Lipinski definition) is 1. The van der Waals surface area contributed by atoms with Gasteiger partial charge in [0.25, 0.3) is 0 Å². The first-order valence-corrected chi connectivity index (χ1v) is 15.3. The Bertz CT molecular complexity index is 2210. The van der Waals surface area contributed by atoms with Crippen molar-refractivity contribution in [3.63, 3.8) is 0 Å². The number of Topliss-reactive ketones (excluding diaryl/α,β-unsaturated/α-hetero) is 1. The van der Waals surface area contributed by atoms with E-state index in [1.54, 1.807) is 48.5 Å². The number of nitrogens with zero attached hydrogens (tertiary/aromatic N) is 3. The molecule has 0 bridgehead atoms. The molecule has 2 heterocycles. The van der Waals surface area contributed by atoms with E-state index in [0.717, 1.165) is 4.57 Å². The maximum atomic E-state index is 14.9. The van der Waals surface area contributed by atoms with E-state index in [-0.39, 0.29) is 30.3 Å². The fraction of sp³-hybridized carbons (Fsp3) is 0.158. The maximum absolute atomic E-state index is 14.9. The lowest BCUT2D eigenvalue weighted by atomic mass is 9.47. The van der Waals surface area contributed by atoms with E-state index < -0.39 is 34.7 Å². The average molecular weight is 608 g/mol. The number of fused-ring (bicyclic) bond motifs is 4. The molecular formula is C38H29N3O5. The molecule has 1 N–H and O–H groups in total. The van der Waals surface area contributed by atoms with Crippen molar-refractivity contribution in [2.75, 3.05) is 0 Å². The summed E-state index contributed by atoms with van der Waals surface area (Å²) in [4.78, 5) is 57.7. The summed E-state index contributed by atoms with van der Waals surface area (Å²) in [5.41, 5.74) is 0.827. The van der Waals surface area contributed by atoms with E-state index in [9.17, 15) is 24.3 Å². The molecular weight excluding hydrogens is 578 g/mol. The van der Waals surface area contributed by atoms with Gasteiger partial charge in [-0.1, -0.05) is 103 Å². The fourth-order valence-corrected chi connectivity index (χ4v) is 8.01. The number of allylic oxidation sites excluding steroid dienone is 4. The van der Waals surface area contributed by atoms with Gasteiger partial charge in [-0.3, -0.25) is 9.59 Å². The van der Waals surface area contributed by atoms with Crippen LogP contribution in [0.3, 0.4) is 0 Å². The highest BCUT2D eigenvalue weighted by Gasteiger charge is 2.63. The number of hydrogen-bond acceptors (Lipinski definition) is 5. The molecule has 226 valence electrons. The second kappa shape index (κ2) is 10.4. The summed E-state index contributed by atoms with van der Waals surface area (Å²) in [5, 5.41) is 11.4. The predicted molar refractivity (Wildman–Crippen MR) is 173 cm³/mol. The Balaban J connectivity index is 1.43. The highest BCUT2D eigenvalue weighted by atomic mass is 16.3. The third kappa shape index (κ3) is 3.79. The molecule has 1 fully saturated rings. The van der Waals surface area contributed by atoms with Gasteiger partial charge >= 0.3 is 11.4 Å². The lowest BCUT2D eigenvalue weighted by molar-refractivity contribution is -0.133. The molecule has 0 spiro atoms. The topological polar surface area (TPSA) is 103 Å². The van der Waals surface area contributed by atoms with Gasteiger partial charge in [-0.25, -0.2) is 23.5 Å². The van der Waals surface area contributed by atoms with Crippen LogP contribution in [0.5, 0.6) is 5.75 Å². The molecule has 8 rings (SSSR count). The molecule has 5 aromatic rings. The van der Waals surface area contributed by atoms with Crippen LogP contribution in [0, 0.1) is 5.92 Å². The van der Waals surface area contributed by atoms with Gasteiger partial charge in [0.05, 0.1) is 23.7 Å². The molecule has 0 amide bonds. The Morgan fingerprint density at radius 3 is 2.04 bits per heavy atom. The Hall–Kier alpha value is -5.76. The van der Waals surface area contributed by atoms with Crippen molar-refractivity contribution in [2.45, 2.75) is 30.3 Å². The summed E-state index contributed by atoms with van der Waals surface area (Å²) < 4.78 is 4.00. The van der Waals surface area contributed by atoms with Crippen LogP contribution >= 0.6 is 0 Å². The Labute approximate surface area is 263 Å². The molecule has 8 heteroatoms. The molecule has 1 aliphatic heterocycles. The molecule has 46 heavy (non-hydrogen) atoms. The van der Waals surface area contributed by atoms with Crippen molar-refractivity contribution in [2.24, 2.45) is 5.92 Å². The zero-order valence-corrected chi connectivity index (χ0v) is 24.7. The second-order valence-electron chi connectivity index (χ2n) is 12.1. The number of phenols is 1. The highest BCUT2D eigenvalue weighted by molar-refractivity contribution is 6.31. The van der Waals surface area contributed by atoms with Gasteiger partial charge in [0, 0.05) is 23.0 Å². The van der Waals surface area contributed by atoms with Gasteiger partial charge in [0.1, 0.15) is 5.75 Å². The lowest BCUT2D eigenvalue weighted by Crippen LogP contribution is -2.58. The summed E-state index contributed by atoms with van der Waals surface area (Å²) in [5.74, 6) is -2.20. The quantitative estimate of drug-likeness (QED) is 0.291. The van der Waals surface area contributed by atoms with E-state index >= 15 is 0 Å². The lowest BCUT2D eigenvalue weighted by Gasteiger charge is -2.54. The van der Waals surface area contributed by atoms with Crippen LogP contribution in [0.4, 0.5) is 0 Å². The maximum Gasteiger partial charge on any atom is 0.352 e. The van der Waals surface area contributed by atoms with Gasteiger partial charge in [0.2, 0.25) is 0 Å². The Morgan fingerprint density at radius 2 is 1.35 bits per heavy atom. The zero-order valence-electron chi connectivity index (χ0n) is 24.7. The van der Waals surface area contributed by atoms with Gasteiger partial charge in [-0.15, -0.1) is 0 Å². The number of ketones is 2. The summed E-state index contributed by atoms with van der Waals surface area (Å²) >= 11 is 0. The van der Waals surface area contributed by atoms with Gasteiger partial charge in [-0.05, 0) is 47.4 Å². The molecule has 4 aromatic carbocycles. The van der Waals surface area contributed by atoms with Crippen LogP contribution in [0.2, 0.25) is 0 Å².